The number of ether oxygens (including phenoxy) is 1. The molecule has 4 rings (SSSR count). The van der Waals surface area contributed by atoms with Crippen LogP contribution in [0.15, 0.2) is 61.2 Å². The zero-order valence-corrected chi connectivity index (χ0v) is 21.1. The summed E-state index contributed by atoms with van der Waals surface area (Å²) in [6.07, 6.45) is 9.26. The molecule has 37 heavy (non-hydrogen) atoms. The summed E-state index contributed by atoms with van der Waals surface area (Å²) in [5.41, 5.74) is 0.872. The number of hydrogen-bond donors (Lipinski definition) is 0. The predicted molar refractivity (Wildman–Crippen MR) is 136 cm³/mol. The largest absolute Gasteiger partial charge is 0.432 e. The van der Waals surface area contributed by atoms with Crippen molar-refractivity contribution in [3.05, 3.63) is 89.8 Å². The Morgan fingerprint density at radius 3 is 1.89 bits per heavy atom. The molecule has 2 saturated carbocycles. The molecule has 0 amide bonds. The number of benzene rings is 2. The number of allylic oxidation sites excluding steroid dienone is 3. The third-order valence-electron chi connectivity index (χ3n) is 7.93. The molecule has 0 unspecified atom stereocenters. The first-order valence-electron chi connectivity index (χ1n) is 13.3. The zero-order valence-electron chi connectivity index (χ0n) is 21.1. The van der Waals surface area contributed by atoms with Gasteiger partial charge in [-0.1, -0.05) is 18.2 Å². The van der Waals surface area contributed by atoms with Crippen molar-refractivity contribution < 1.29 is 26.7 Å². The van der Waals surface area contributed by atoms with Crippen LogP contribution in [0.25, 0.3) is 0 Å². The topological polar surface area (TPSA) is 9.23 Å². The first-order chi connectivity index (χ1) is 17.7. The van der Waals surface area contributed by atoms with Gasteiger partial charge in [0.2, 0.25) is 0 Å². The minimum absolute atomic E-state index is 0.0348. The van der Waals surface area contributed by atoms with Gasteiger partial charge in [-0.15, -0.1) is 6.58 Å². The van der Waals surface area contributed by atoms with Gasteiger partial charge >= 0.3 is 6.11 Å². The van der Waals surface area contributed by atoms with Crippen LogP contribution in [0, 0.1) is 35.2 Å². The van der Waals surface area contributed by atoms with E-state index in [1.807, 2.05) is 0 Å². The van der Waals surface area contributed by atoms with Gasteiger partial charge in [-0.3, -0.25) is 0 Å². The van der Waals surface area contributed by atoms with E-state index in [4.69, 9.17) is 4.74 Å². The molecule has 0 N–H and O–H groups in total. The van der Waals surface area contributed by atoms with E-state index in [0.717, 1.165) is 37.8 Å². The van der Waals surface area contributed by atoms with Gasteiger partial charge in [0.25, 0.3) is 0 Å². The van der Waals surface area contributed by atoms with Crippen LogP contribution in [-0.4, -0.2) is 6.11 Å². The Morgan fingerprint density at radius 2 is 1.35 bits per heavy atom. The van der Waals surface area contributed by atoms with Gasteiger partial charge in [0.1, 0.15) is 23.2 Å². The molecule has 0 radical (unpaired) electrons. The number of rotatable bonds is 9. The fourth-order valence-corrected chi connectivity index (χ4v) is 5.75. The molecular weight excluding hydrogens is 483 g/mol. The second kappa shape index (κ2) is 12.3. The Hall–Kier alpha value is -2.63. The van der Waals surface area contributed by atoms with Crippen molar-refractivity contribution >= 4 is 0 Å². The molecule has 0 aliphatic heterocycles. The summed E-state index contributed by atoms with van der Waals surface area (Å²) < 4.78 is 76.6. The average Bonchev–Trinajstić information content (AvgIpc) is 2.88. The summed E-state index contributed by atoms with van der Waals surface area (Å²) in [5.74, 6) is -1.83. The van der Waals surface area contributed by atoms with E-state index in [9.17, 15) is 22.0 Å². The number of alkyl halides is 2. The summed E-state index contributed by atoms with van der Waals surface area (Å²) in [6, 6.07) is 7.56. The molecule has 0 aromatic heterocycles. The van der Waals surface area contributed by atoms with Crippen LogP contribution < -0.4 is 4.74 Å². The summed E-state index contributed by atoms with van der Waals surface area (Å²) >= 11 is 0. The molecule has 0 bridgehead atoms. The summed E-state index contributed by atoms with van der Waals surface area (Å²) in [6.45, 7) is 3.65. The van der Waals surface area contributed by atoms with Crippen LogP contribution >= 0.6 is 0 Å². The smallest absolute Gasteiger partial charge is 0.400 e. The van der Waals surface area contributed by atoms with Gasteiger partial charge in [-0.05, 0) is 124 Å². The highest BCUT2D eigenvalue weighted by molar-refractivity contribution is 5.30. The minimum atomic E-state index is -3.29. The monoisotopic (exact) mass is 518 g/mol. The highest BCUT2D eigenvalue weighted by Gasteiger charge is 2.43. The van der Waals surface area contributed by atoms with Crippen molar-refractivity contribution in [3.8, 4) is 5.75 Å². The van der Waals surface area contributed by atoms with Crippen molar-refractivity contribution in [3.63, 3.8) is 0 Å². The third kappa shape index (κ3) is 7.24. The molecule has 0 heterocycles. The number of aryl methyl sites for hydroxylation is 1. The van der Waals surface area contributed by atoms with E-state index < -0.39 is 29.5 Å². The van der Waals surface area contributed by atoms with E-state index in [1.54, 1.807) is 6.08 Å². The highest BCUT2D eigenvalue weighted by atomic mass is 19.3. The lowest BCUT2D eigenvalue weighted by atomic mass is 9.76. The van der Waals surface area contributed by atoms with Crippen LogP contribution in [0.5, 0.6) is 5.75 Å². The van der Waals surface area contributed by atoms with Gasteiger partial charge in [0.15, 0.2) is 0 Å². The van der Waals surface area contributed by atoms with Gasteiger partial charge in [-0.25, -0.2) is 13.2 Å². The van der Waals surface area contributed by atoms with Gasteiger partial charge in [0.05, 0.1) is 5.92 Å². The Bertz CT molecular complexity index is 1040. The van der Waals surface area contributed by atoms with Gasteiger partial charge in [0, 0.05) is 5.56 Å². The normalized spacial score (nSPS) is 24.8. The molecule has 2 fully saturated rings. The molecule has 0 saturated heterocycles. The highest BCUT2D eigenvalue weighted by Crippen LogP contribution is 2.42. The maximum absolute atomic E-state index is 14.7. The Balaban J connectivity index is 1.24. The molecule has 2 aliphatic rings. The molecule has 2 aliphatic carbocycles. The lowest BCUT2D eigenvalue weighted by Crippen LogP contribution is -2.37. The Labute approximate surface area is 216 Å². The number of hydrogen-bond acceptors (Lipinski definition) is 1. The quantitative estimate of drug-likeness (QED) is 0.237. The molecule has 1 nitrogen and oxygen atoms in total. The molecule has 2 aromatic carbocycles. The molecular formula is C31H35F5O. The van der Waals surface area contributed by atoms with E-state index in [1.165, 1.54) is 24.3 Å². The maximum Gasteiger partial charge on any atom is 0.400 e. The standard InChI is InChI=1S/C31H35F5O/c1-2-3-4-23-19-28(33)30(29(34)20-23)24-11-7-21(8-12-24)5-6-22-9-13-25(14-10-22)31(35,36)37-27-17-15-26(32)16-18-27/h2,5-6,15-22,24-25H,1,3-4,7-14H2/b6-5+. The second-order valence-corrected chi connectivity index (χ2v) is 10.5. The molecule has 200 valence electrons. The fourth-order valence-electron chi connectivity index (χ4n) is 5.75. The molecule has 2 aromatic rings. The lowest BCUT2D eigenvalue weighted by Gasteiger charge is -2.32. The summed E-state index contributed by atoms with van der Waals surface area (Å²) in [7, 11) is 0. The van der Waals surface area contributed by atoms with Crippen molar-refractivity contribution in [1.29, 1.82) is 0 Å². The summed E-state index contributed by atoms with van der Waals surface area (Å²) in [4.78, 5) is 0. The van der Waals surface area contributed by atoms with Crippen LogP contribution in [-0.2, 0) is 6.42 Å². The Kier molecular flexibility index (Phi) is 9.09. The van der Waals surface area contributed by atoms with Crippen LogP contribution in [0.1, 0.15) is 74.8 Å². The average molecular weight is 519 g/mol. The van der Waals surface area contributed by atoms with Gasteiger partial charge in [-0.2, -0.15) is 8.78 Å². The van der Waals surface area contributed by atoms with Gasteiger partial charge < -0.3 is 4.74 Å². The molecule has 0 atom stereocenters. The first-order valence-corrected chi connectivity index (χ1v) is 13.3. The first kappa shape index (κ1) is 27.4. The Morgan fingerprint density at radius 1 is 0.811 bits per heavy atom. The van der Waals surface area contributed by atoms with Crippen molar-refractivity contribution in [1.82, 2.24) is 0 Å². The SMILES string of the molecule is C=CCCc1cc(F)c(C2CCC(/C=C/C3CCC(C(F)(F)Oc4ccc(F)cc4)CC3)CC2)c(F)c1. The molecule has 6 heteroatoms. The third-order valence-corrected chi connectivity index (χ3v) is 7.93. The lowest BCUT2D eigenvalue weighted by molar-refractivity contribution is -0.223. The minimum Gasteiger partial charge on any atom is -0.432 e. The molecule has 0 spiro atoms. The van der Waals surface area contributed by atoms with Crippen molar-refractivity contribution in [2.45, 2.75) is 76.2 Å². The van der Waals surface area contributed by atoms with Crippen LogP contribution in [0.3, 0.4) is 0 Å². The zero-order chi connectivity index (χ0) is 26.4. The van der Waals surface area contributed by atoms with Crippen LogP contribution in [0.4, 0.5) is 22.0 Å². The van der Waals surface area contributed by atoms with E-state index in [2.05, 4.69) is 18.7 Å². The van der Waals surface area contributed by atoms with E-state index in [-0.39, 0.29) is 23.1 Å². The maximum atomic E-state index is 14.7. The van der Waals surface area contributed by atoms with Crippen LogP contribution in [0.2, 0.25) is 0 Å². The fraction of sp³-hybridized carbons (Fsp3) is 0.484. The summed E-state index contributed by atoms with van der Waals surface area (Å²) in [5, 5.41) is 0. The number of halogens is 5. The van der Waals surface area contributed by atoms with Crippen molar-refractivity contribution in [2.75, 3.05) is 0 Å². The van der Waals surface area contributed by atoms with Crippen molar-refractivity contribution in [2.24, 2.45) is 17.8 Å². The second-order valence-electron chi connectivity index (χ2n) is 10.5. The van der Waals surface area contributed by atoms with E-state index >= 15 is 0 Å². The predicted octanol–water partition coefficient (Wildman–Crippen LogP) is 9.53. The van der Waals surface area contributed by atoms with E-state index in [0.29, 0.717) is 50.0 Å².